The SMILES string of the molecule is CCCCCCC/C=C\C/C=C\C/C=C\CCCCCCCCCCC(=O)NC(COP(=O)(O)OCCN)C(O)CCCCCCCCCCCCCCCCC. The molecule has 5 N–H and O–H groups in total. The third-order valence-electron chi connectivity index (χ3n) is 10.7. The Morgan fingerprint density at radius 1 is 0.579 bits per heavy atom. The third kappa shape index (κ3) is 42.6. The van der Waals surface area contributed by atoms with Crippen LogP contribution in [0, 0.1) is 0 Å². The molecule has 0 aromatic rings. The second kappa shape index (κ2) is 44.3. The molecule has 57 heavy (non-hydrogen) atoms. The summed E-state index contributed by atoms with van der Waals surface area (Å²) < 4.78 is 22.2. The summed E-state index contributed by atoms with van der Waals surface area (Å²) in [5, 5.41) is 13.8. The molecule has 8 nitrogen and oxygen atoms in total. The van der Waals surface area contributed by atoms with Crippen molar-refractivity contribution in [3.8, 4) is 0 Å². The van der Waals surface area contributed by atoms with E-state index in [0.29, 0.717) is 12.8 Å². The maximum absolute atomic E-state index is 12.8. The Balaban J connectivity index is 4.09. The molecule has 1 amide bonds. The Labute approximate surface area is 352 Å². The number of phosphoric ester groups is 1. The molecule has 3 unspecified atom stereocenters. The summed E-state index contributed by atoms with van der Waals surface area (Å²) in [5.74, 6) is -0.168. The summed E-state index contributed by atoms with van der Waals surface area (Å²) >= 11 is 0. The van der Waals surface area contributed by atoms with Crippen molar-refractivity contribution in [1.29, 1.82) is 0 Å². The van der Waals surface area contributed by atoms with Crippen LogP contribution in [-0.4, -0.2) is 47.8 Å². The molecule has 0 heterocycles. The molecule has 9 heteroatoms. The summed E-state index contributed by atoms with van der Waals surface area (Å²) in [6, 6.07) is -0.778. The van der Waals surface area contributed by atoms with Gasteiger partial charge in [-0.3, -0.25) is 13.8 Å². The number of hydrogen-bond donors (Lipinski definition) is 4. The van der Waals surface area contributed by atoms with Crippen molar-refractivity contribution in [3.63, 3.8) is 0 Å². The minimum Gasteiger partial charge on any atom is -0.391 e. The first-order valence-electron chi connectivity index (χ1n) is 24.1. The zero-order chi connectivity index (χ0) is 41.8. The van der Waals surface area contributed by atoms with Crippen LogP contribution in [0.5, 0.6) is 0 Å². The molecule has 0 aromatic heterocycles. The van der Waals surface area contributed by atoms with E-state index in [9.17, 15) is 19.4 Å². The number of rotatable bonds is 45. The molecule has 0 spiro atoms. The standard InChI is InChI=1S/C48H93N2O6P/c1-3-5-7-9-11-13-15-17-19-20-21-22-23-24-25-26-28-30-32-34-36-38-40-42-48(52)50-46(45-56-57(53,54)55-44-43-49)47(51)41-39-37-35-33-31-29-27-18-16-14-12-10-8-6-4-2/h15,17,20-21,23-24,46-47,51H,3-14,16,18-19,22,25-45,49H2,1-2H3,(H,50,52)(H,53,54)/b17-15-,21-20-,24-23-. The monoisotopic (exact) mass is 825 g/mol. The predicted molar refractivity (Wildman–Crippen MR) is 244 cm³/mol. The van der Waals surface area contributed by atoms with Crippen LogP contribution in [0.3, 0.4) is 0 Å². The number of aliphatic hydroxyl groups is 1. The summed E-state index contributed by atoms with van der Waals surface area (Å²) in [6.07, 6.45) is 53.0. The molecule has 3 atom stereocenters. The van der Waals surface area contributed by atoms with Crippen LogP contribution in [-0.2, 0) is 18.4 Å². The summed E-state index contributed by atoms with van der Waals surface area (Å²) in [6.45, 7) is 4.20. The molecule has 0 aliphatic heterocycles. The van der Waals surface area contributed by atoms with Gasteiger partial charge in [0.1, 0.15) is 0 Å². The van der Waals surface area contributed by atoms with Crippen molar-refractivity contribution in [1.82, 2.24) is 5.32 Å². The molecule has 0 saturated carbocycles. The average Bonchev–Trinajstić information content (AvgIpc) is 3.20. The van der Waals surface area contributed by atoms with Gasteiger partial charge in [0.15, 0.2) is 0 Å². The number of carbonyl (C=O) groups excluding carboxylic acids is 1. The van der Waals surface area contributed by atoms with Gasteiger partial charge < -0.3 is 21.1 Å². The third-order valence-corrected chi connectivity index (χ3v) is 11.7. The highest BCUT2D eigenvalue weighted by molar-refractivity contribution is 7.47. The molecular weight excluding hydrogens is 732 g/mol. The summed E-state index contributed by atoms with van der Waals surface area (Å²) in [7, 11) is -4.32. The van der Waals surface area contributed by atoms with Gasteiger partial charge in [0.25, 0.3) is 0 Å². The first-order valence-corrected chi connectivity index (χ1v) is 25.6. The second-order valence-electron chi connectivity index (χ2n) is 16.3. The molecule has 0 bridgehead atoms. The quantitative estimate of drug-likeness (QED) is 0.0273. The van der Waals surface area contributed by atoms with Gasteiger partial charge in [0, 0.05) is 13.0 Å². The summed E-state index contributed by atoms with van der Waals surface area (Å²) in [5.41, 5.74) is 5.39. The fourth-order valence-corrected chi connectivity index (χ4v) is 7.85. The van der Waals surface area contributed by atoms with Crippen molar-refractivity contribution in [2.45, 2.75) is 244 Å². The lowest BCUT2D eigenvalue weighted by Gasteiger charge is -2.25. The Morgan fingerprint density at radius 2 is 0.965 bits per heavy atom. The number of nitrogens with two attached hydrogens (primary N) is 1. The largest absolute Gasteiger partial charge is 0.472 e. The van der Waals surface area contributed by atoms with Gasteiger partial charge in [-0.2, -0.15) is 0 Å². The Bertz CT molecular complexity index is 990. The number of hydrogen-bond acceptors (Lipinski definition) is 6. The van der Waals surface area contributed by atoms with Crippen LogP contribution in [0.1, 0.15) is 232 Å². The Hall–Kier alpha value is -1.28. The van der Waals surface area contributed by atoms with E-state index >= 15 is 0 Å². The normalized spacial score (nSPS) is 14.3. The van der Waals surface area contributed by atoms with Gasteiger partial charge in [-0.25, -0.2) is 4.57 Å². The van der Waals surface area contributed by atoms with E-state index in [1.165, 1.54) is 148 Å². The lowest BCUT2D eigenvalue weighted by atomic mass is 10.0. The van der Waals surface area contributed by atoms with E-state index < -0.39 is 20.0 Å². The maximum atomic E-state index is 12.8. The molecule has 0 radical (unpaired) electrons. The van der Waals surface area contributed by atoms with Crippen LogP contribution in [0.2, 0.25) is 0 Å². The van der Waals surface area contributed by atoms with Gasteiger partial charge in [-0.15, -0.1) is 0 Å². The van der Waals surface area contributed by atoms with E-state index in [4.69, 9.17) is 14.8 Å². The Kier molecular flexibility index (Phi) is 43.3. The van der Waals surface area contributed by atoms with Gasteiger partial charge >= 0.3 is 7.82 Å². The summed E-state index contributed by atoms with van der Waals surface area (Å²) in [4.78, 5) is 22.8. The van der Waals surface area contributed by atoms with E-state index in [1.807, 2.05) is 0 Å². The number of carbonyl (C=O) groups is 1. The lowest BCUT2D eigenvalue weighted by molar-refractivity contribution is -0.123. The number of unbranched alkanes of at least 4 members (excludes halogenated alkanes) is 27. The molecule has 0 fully saturated rings. The fraction of sp³-hybridized carbons (Fsp3) is 0.854. The highest BCUT2D eigenvalue weighted by Gasteiger charge is 2.27. The fourth-order valence-electron chi connectivity index (χ4n) is 7.09. The minimum absolute atomic E-state index is 0.0871. The van der Waals surface area contributed by atoms with Gasteiger partial charge in [-0.1, -0.05) is 211 Å². The van der Waals surface area contributed by atoms with Crippen LogP contribution >= 0.6 is 7.82 Å². The van der Waals surface area contributed by atoms with E-state index in [1.54, 1.807) is 0 Å². The van der Waals surface area contributed by atoms with Crippen molar-refractivity contribution >= 4 is 13.7 Å². The zero-order valence-corrected chi connectivity index (χ0v) is 38.2. The molecule has 0 rings (SSSR count). The van der Waals surface area contributed by atoms with Crippen LogP contribution < -0.4 is 11.1 Å². The van der Waals surface area contributed by atoms with E-state index in [-0.39, 0.29) is 25.7 Å². The molecule has 0 saturated heterocycles. The number of allylic oxidation sites excluding steroid dienone is 6. The molecular formula is C48H93N2O6P. The zero-order valence-electron chi connectivity index (χ0n) is 37.3. The Morgan fingerprint density at radius 3 is 1.40 bits per heavy atom. The van der Waals surface area contributed by atoms with Crippen LogP contribution in [0.4, 0.5) is 0 Å². The topological polar surface area (TPSA) is 131 Å². The first-order chi connectivity index (χ1) is 27.9. The van der Waals surface area contributed by atoms with Crippen molar-refractivity contribution in [3.05, 3.63) is 36.5 Å². The average molecular weight is 825 g/mol. The van der Waals surface area contributed by atoms with Gasteiger partial charge in [0.2, 0.25) is 5.91 Å². The van der Waals surface area contributed by atoms with Crippen molar-refractivity contribution < 1.29 is 28.4 Å². The van der Waals surface area contributed by atoms with Crippen molar-refractivity contribution in [2.24, 2.45) is 5.73 Å². The number of amides is 1. The number of nitrogens with one attached hydrogen (secondary N) is 1. The van der Waals surface area contributed by atoms with Crippen LogP contribution in [0.25, 0.3) is 0 Å². The number of aliphatic hydroxyl groups excluding tert-OH is 1. The van der Waals surface area contributed by atoms with Gasteiger partial charge in [0.05, 0.1) is 25.4 Å². The van der Waals surface area contributed by atoms with Gasteiger partial charge in [-0.05, 0) is 51.4 Å². The van der Waals surface area contributed by atoms with E-state index in [2.05, 4.69) is 55.6 Å². The molecule has 336 valence electrons. The van der Waals surface area contributed by atoms with Crippen molar-refractivity contribution in [2.75, 3.05) is 19.8 Å². The second-order valence-corrected chi connectivity index (χ2v) is 17.8. The lowest BCUT2D eigenvalue weighted by Crippen LogP contribution is -2.46. The maximum Gasteiger partial charge on any atom is 0.472 e. The van der Waals surface area contributed by atoms with E-state index in [0.717, 1.165) is 57.8 Å². The molecule has 0 aromatic carbocycles. The predicted octanol–water partition coefficient (Wildman–Crippen LogP) is 13.9. The molecule has 0 aliphatic carbocycles. The highest BCUT2D eigenvalue weighted by atomic mass is 31.2. The first kappa shape index (κ1) is 55.7. The highest BCUT2D eigenvalue weighted by Crippen LogP contribution is 2.43. The molecule has 0 aliphatic rings. The number of phosphoric acid groups is 1. The van der Waals surface area contributed by atoms with Crippen LogP contribution in [0.15, 0.2) is 36.5 Å². The minimum atomic E-state index is -4.32. The smallest absolute Gasteiger partial charge is 0.391 e.